The highest BCUT2D eigenvalue weighted by molar-refractivity contribution is 6.30. The third-order valence-electron chi connectivity index (χ3n) is 4.53. The average Bonchev–Trinajstić information content (AvgIpc) is 2.68. The lowest BCUT2D eigenvalue weighted by Crippen LogP contribution is -2.49. The van der Waals surface area contributed by atoms with Gasteiger partial charge in [0.15, 0.2) is 0 Å². The second-order valence-electron chi connectivity index (χ2n) is 6.40. The summed E-state index contributed by atoms with van der Waals surface area (Å²) in [6.45, 7) is 4.61. The highest BCUT2D eigenvalue weighted by Gasteiger charge is 2.19. The van der Waals surface area contributed by atoms with Gasteiger partial charge in [-0.25, -0.2) is 0 Å². The minimum atomic E-state index is -0.515. The number of aliphatic hydroxyl groups is 1. The molecule has 1 saturated heterocycles. The van der Waals surface area contributed by atoms with Crippen molar-refractivity contribution in [3.05, 3.63) is 53.6 Å². The predicted molar refractivity (Wildman–Crippen MR) is 105 cm³/mol. The summed E-state index contributed by atoms with van der Waals surface area (Å²) in [7, 11) is 1.63. The summed E-state index contributed by atoms with van der Waals surface area (Å²) in [5.41, 5.74) is 1.19. The van der Waals surface area contributed by atoms with Crippen molar-refractivity contribution in [1.82, 2.24) is 4.90 Å². The zero-order chi connectivity index (χ0) is 18.4. The molecule has 2 aromatic rings. The molecular formula is C20H25ClN2O3. The van der Waals surface area contributed by atoms with Crippen molar-refractivity contribution in [1.29, 1.82) is 0 Å². The third-order valence-corrected chi connectivity index (χ3v) is 4.79. The molecule has 0 amide bonds. The fourth-order valence-electron chi connectivity index (χ4n) is 3.06. The van der Waals surface area contributed by atoms with Gasteiger partial charge in [0.1, 0.15) is 24.2 Å². The first-order valence-electron chi connectivity index (χ1n) is 8.82. The fourth-order valence-corrected chi connectivity index (χ4v) is 3.18. The van der Waals surface area contributed by atoms with Crippen LogP contribution < -0.4 is 14.4 Å². The second-order valence-corrected chi connectivity index (χ2v) is 6.84. The largest absolute Gasteiger partial charge is 0.497 e. The third kappa shape index (κ3) is 5.27. The van der Waals surface area contributed by atoms with Gasteiger partial charge in [-0.15, -0.1) is 0 Å². The van der Waals surface area contributed by atoms with Crippen LogP contribution >= 0.6 is 11.6 Å². The van der Waals surface area contributed by atoms with E-state index < -0.39 is 6.10 Å². The van der Waals surface area contributed by atoms with Crippen molar-refractivity contribution in [2.45, 2.75) is 6.10 Å². The van der Waals surface area contributed by atoms with Crippen LogP contribution in [0.25, 0.3) is 0 Å². The van der Waals surface area contributed by atoms with Gasteiger partial charge in [0.25, 0.3) is 0 Å². The number of nitrogens with zero attached hydrogens (tertiary/aromatic N) is 2. The number of β-amino-alcohol motifs (C(OH)–C–C–N with tert-alkyl or cyclic N) is 1. The number of methoxy groups -OCH3 is 1. The second kappa shape index (κ2) is 9.12. The number of piperazine rings is 1. The van der Waals surface area contributed by atoms with E-state index in [1.807, 2.05) is 36.4 Å². The molecule has 1 heterocycles. The first kappa shape index (κ1) is 18.8. The van der Waals surface area contributed by atoms with Crippen molar-refractivity contribution >= 4 is 17.3 Å². The zero-order valence-corrected chi connectivity index (χ0v) is 15.7. The Kier molecular flexibility index (Phi) is 6.61. The number of hydrogen-bond donors (Lipinski definition) is 1. The van der Waals surface area contributed by atoms with Gasteiger partial charge in [-0.2, -0.15) is 0 Å². The van der Waals surface area contributed by atoms with Gasteiger partial charge in [-0.3, -0.25) is 4.90 Å². The van der Waals surface area contributed by atoms with E-state index in [-0.39, 0.29) is 6.61 Å². The van der Waals surface area contributed by atoms with Gasteiger partial charge >= 0.3 is 0 Å². The molecule has 140 valence electrons. The standard InChI is InChI=1S/C20H25ClN2O3/c1-25-19-6-8-20(9-7-19)26-15-18(24)14-22-10-12-23(13-11-22)17-4-2-16(21)3-5-17/h2-9,18,24H,10-15H2,1H3/t18-/m0/s1. The van der Waals surface area contributed by atoms with Gasteiger partial charge in [0.2, 0.25) is 0 Å². The molecule has 6 heteroatoms. The van der Waals surface area contributed by atoms with E-state index >= 15 is 0 Å². The summed E-state index contributed by atoms with van der Waals surface area (Å²) >= 11 is 5.95. The fraction of sp³-hybridized carbons (Fsp3) is 0.400. The Labute approximate surface area is 159 Å². The number of rotatable bonds is 7. The van der Waals surface area contributed by atoms with Gasteiger partial charge in [0.05, 0.1) is 7.11 Å². The molecule has 0 unspecified atom stereocenters. The molecule has 1 aliphatic rings. The summed E-state index contributed by atoms with van der Waals surface area (Å²) in [4.78, 5) is 4.61. The van der Waals surface area contributed by atoms with Crippen LogP contribution in [-0.2, 0) is 0 Å². The number of hydrogen-bond acceptors (Lipinski definition) is 5. The van der Waals surface area contributed by atoms with E-state index in [2.05, 4.69) is 21.9 Å². The summed E-state index contributed by atoms with van der Waals surface area (Å²) in [6, 6.07) is 15.3. The monoisotopic (exact) mass is 376 g/mol. The minimum absolute atomic E-state index is 0.281. The van der Waals surface area contributed by atoms with Crippen molar-refractivity contribution in [3.63, 3.8) is 0 Å². The highest BCUT2D eigenvalue weighted by atomic mass is 35.5. The molecule has 0 bridgehead atoms. The molecule has 0 aliphatic carbocycles. The molecule has 0 saturated carbocycles. The molecule has 0 radical (unpaired) electrons. The Balaban J connectivity index is 1.40. The van der Waals surface area contributed by atoms with E-state index in [1.54, 1.807) is 7.11 Å². The van der Waals surface area contributed by atoms with Crippen molar-refractivity contribution < 1.29 is 14.6 Å². The topological polar surface area (TPSA) is 45.2 Å². The number of anilines is 1. The summed E-state index contributed by atoms with van der Waals surface area (Å²) in [6.07, 6.45) is -0.515. The van der Waals surface area contributed by atoms with E-state index in [0.717, 1.165) is 42.7 Å². The van der Waals surface area contributed by atoms with E-state index in [9.17, 15) is 5.11 Å². The number of ether oxygens (including phenoxy) is 2. The smallest absolute Gasteiger partial charge is 0.119 e. The number of benzene rings is 2. The molecular weight excluding hydrogens is 352 g/mol. The molecule has 5 nitrogen and oxygen atoms in total. The minimum Gasteiger partial charge on any atom is -0.497 e. The molecule has 3 rings (SSSR count). The maximum absolute atomic E-state index is 10.3. The normalized spacial score (nSPS) is 16.3. The molecule has 1 N–H and O–H groups in total. The van der Waals surface area contributed by atoms with E-state index in [0.29, 0.717) is 6.54 Å². The van der Waals surface area contributed by atoms with Crippen LogP contribution in [0.15, 0.2) is 48.5 Å². The Morgan fingerprint density at radius 2 is 1.58 bits per heavy atom. The van der Waals surface area contributed by atoms with Gasteiger partial charge < -0.3 is 19.5 Å². The van der Waals surface area contributed by atoms with Crippen LogP contribution in [0.3, 0.4) is 0 Å². The van der Waals surface area contributed by atoms with Crippen LogP contribution in [0.4, 0.5) is 5.69 Å². The number of halogens is 1. The average molecular weight is 377 g/mol. The molecule has 0 spiro atoms. The lowest BCUT2D eigenvalue weighted by atomic mass is 10.2. The van der Waals surface area contributed by atoms with Crippen LogP contribution in [0, 0.1) is 0 Å². The van der Waals surface area contributed by atoms with Gasteiger partial charge in [-0.05, 0) is 48.5 Å². The summed E-state index contributed by atoms with van der Waals surface area (Å²) in [5, 5.41) is 11.0. The molecule has 1 aliphatic heterocycles. The van der Waals surface area contributed by atoms with Crippen LogP contribution in [0.2, 0.25) is 5.02 Å². The summed E-state index contributed by atoms with van der Waals surface area (Å²) in [5.74, 6) is 1.52. The lowest BCUT2D eigenvalue weighted by molar-refractivity contribution is 0.0663. The maximum Gasteiger partial charge on any atom is 0.119 e. The van der Waals surface area contributed by atoms with Crippen molar-refractivity contribution in [3.8, 4) is 11.5 Å². The highest BCUT2D eigenvalue weighted by Crippen LogP contribution is 2.20. The van der Waals surface area contributed by atoms with Crippen LogP contribution in [0.5, 0.6) is 11.5 Å². The Hall–Kier alpha value is -1.95. The van der Waals surface area contributed by atoms with Gasteiger partial charge in [0, 0.05) is 43.4 Å². The quantitative estimate of drug-likeness (QED) is 0.805. The SMILES string of the molecule is COc1ccc(OC[C@@H](O)CN2CCN(c3ccc(Cl)cc3)CC2)cc1. The maximum atomic E-state index is 10.3. The molecule has 0 aromatic heterocycles. The Morgan fingerprint density at radius 1 is 0.962 bits per heavy atom. The predicted octanol–water partition coefficient (Wildman–Crippen LogP) is 2.91. The van der Waals surface area contributed by atoms with Crippen molar-refractivity contribution in [2.24, 2.45) is 0 Å². The first-order valence-corrected chi connectivity index (χ1v) is 9.19. The molecule has 1 atom stereocenters. The molecule has 1 fully saturated rings. The summed E-state index contributed by atoms with van der Waals surface area (Å²) < 4.78 is 10.8. The van der Waals surface area contributed by atoms with Crippen molar-refractivity contribution in [2.75, 3.05) is 51.3 Å². The Morgan fingerprint density at radius 3 is 2.19 bits per heavy atom. The Bertz CT molecular complexity index is 670. The number of aliphatic hydroxyl groups excluding tert-OH is 1. The lowest BCUT2D eigenvalue weighted by Gasteiger charge is -2.36. The molecule has 26 heavy (non-hydrogen) atoms. The van der Waals surface area contributed by atoms with Crippen LogP contribution in [-0.4, -0.2) is 62.6 Å². The zero-order valence-electron chi connectivity index (χ0n) is 15.0. The molecule has 2 aromatic carbocycles. The first-order chi connectivity index (χ1) is 12.6. The van der Waals surface area contributed by atoms with Gasteiger partial charge in [-0.1, -0.05) is 11.6 Å². The van der Waals surface area contributed by atoms with E-state index in [1.165, 1.54) is 5.69 Å². The van der Waals surface area contributed by atoms with Crippen LogP contribution in [0.1, 0.15) is 0 Å². The van der Waals surface area contributed by atoms with E-state index in [4.69, 9.17) is 21.1 Å².